The first-order valence-electron chi connectivity index (χ1n) is 22.9. The first-order valence-corrected chi connectivity index (χ1v) is 23.7. The Balaban J connectivity index is 1.17. The molecule has 2 aliphatic rings. The Labute approximate surface area is 404 Å². The highest BCUT2D eigenvalue weighted by molar-refractivity contribution is 7.99. The lowest BCUT2D eigenvalue weighted by molar-refractivity contribution is -0.387. The molecule has 352 valence electrons. The van der Waals surface area contributed by atoms with Crippen LogP contribution in [0.25, 0.3) is 34.4 Å². The maximum atomic E-state index is 13.7. The molecule has 69 heavy (non-hydrogen) atoms. The van der Waals surface area contributed by atoms with E-state index in [-0.39, 0.29) is 44.8 Å². The number of benzene rings is 4. The molecule has 0 N–H and O–H groups in total. The largest absolute Gasteiger partial charge is 0.337 e. The van der Waals surface area contributed by atoms with Crippen molar-refractivity contribution in [1.29, 1.82) is 0 Å². The Morgan fingerprint density at radius 1 is 0.536 bits per heavy atom. The molecule has 6 aromatic rings. The van der Waals surface area contributed by atoms with Crippen LogP contribution in [0.5, 0.6) is 0 Å². The molecule has 17 heteroatoms. The molecule has 0 radical (unpaired) electrons. The molecular formula is C52H52N10O6S. The third kappa shape index (κ3) is 10.7. The third-order valence-electron chi connectivity index (χ3n) is 12.3. The highest BCUT2D eigenvalue weighted by Crippen LogP contribution is 2.50. The third-order valence-corrected chi connectivity index (χ3v) is 13.4. The summed E-state index contributed by atoms with van der Waals surface area (Å²) >= 11 is 0.940. The molecule has 2 aliphatic heterocycles. The summed E-state index contributed by atoms with van der Waals surface area (Å²) in [5, 5.41) is 27.0. The van der Waals surface area contributed by atoms with Crippen LogP contribution in [0.4, 0.5) is 23.3 Å². The van der Waals surface area contributed by atoms with Gasteiger partial charge in [-0.1, -0.05) is 100 Å². The van der Waals surface area contributed by atoms with Gasteiger partial charge in [0.1, 0.15) is 0 Å². The van der Waals surface area contributed by atoms with Gasteiger partial charge in [0.2, 0.25) is 23.7 Å². The van der Waals surface area contributed by atoms with Crippen LogP contribution < -0.4 is 9.80 Å². The van der Waals surface area contributed by atoms with Crippen molar-refractivity contribution in [3.63, 3.8) is 0 Å². The molecule has 2 aromatic heterocycles. The number of amides is 2. The summed E-state index contributed by atoms with van der Waals surface area (Å²) in [5.41, 5.74) is 3.96. The molecule has 4 aromatic carbocycles. The smallest absolute Gasteiger partial charge is 0.291 e. The van der Waals surface area contributed by atoms with E-state index in [0.717, 1.165) is 22.9 Å². The fourth-order valence-corrected chi connectivity index (χ4v) is 9.87. The summed E-state index contributed by atoms with van der Waals surface area (Å²) < 4.78 is 0. The summed E-state index contributed by atoms with van der Waals surface area (Å²) in [6.45, 7) is 12.0. The number of nitro groups is 2. The Morgan fingerprint density at radius 2 is 0.899 bits per heavy atom. The predicted octanol–water partition coefficient (Wildman–Crippen LogP) is 9.54. The topological polar surface area (TPSA) is 185 Å². The molecule has 2 fully saturated rings. The van der Waals surface area contributed by atoms with Crippen molar-refractivity contribution in [2.45, 2.75) is 49.3 Å². The van der Waals surface area contributed by atoms with Crippen molar-refractivity contribution in [3.05, 3.63) is 164 Å². The van der Waals surface area contributed by atoms with Gasteiger partial charge in [-0.2, -0.15) is 0 Å². The van der Waals surface area contributed by atoms with Crippen LogP contribution in [-0.4, -0.2) is 104 Å². The van der Waals surface area contributed by atoms with E-state index in [1.165, 1.54) is 12.2 Å². The van der Waals surface area contributed by atoms with Crippen LogP contribution in [-0.2, 0) is 9.59 Å². The fourth-order valence-electron chi connectivity index (χ4n) is 8.82. The second-order valence-corrected chi connectivity index (χ2v) is 18.3. The SMILES string of the molecule is CC(C)c1ccccc1-c1c(/C=C/C(=O)N2CCN(c3ncccn3)CC2)ccc(Sc2ccc(/C=C/C(=O)N3CCN(c4ncccn4)CC3)c(-c3ccccc3C(C)C)c2[N+](=O)[O-])c1[N+](=O)[O-]. The summed E-state index contributed by atoms with van der Waals surface area (Å²) in [7, 11) is 0. The van der Waals surface area contributed by atoms with Gasteiger partial charge in [0.15, 0.2) is 0 Å². The van der Waals surface area contributed by atoms with Crippen LogP contribution in [0.3, 0.4) is 0 Å². The minimum Gasteiger partial charge on any atom is -0.337 e. The quantitative estimate of drug-likeness (QED) is 0.0572. The second-order valence-electron chi connectivity index (χ2n) is 17.2. The van der Waals surface area contributed by atoms with Crippen molar-refractivity contribution in [3.8, 4) is 22.3 Å². The number of rotatable bonds is 14. The number of anilines is 2. The molecule has 0 bridgehead atoms. The summed E-state index contributed by atoms with van der Waals surface area (Å²) in [4.78, 5) is 78.7. The zero-order chi connectivity index (χ0) is 48.6. The van der Waals surface area contributed by atoms with E-state index in [2.05, 4.69) is 19.9 Å². The van der Waals surface area contributed by atoms with Gasteiger partial charge in [-0.3, -0.25) is 29.8 Å². The zero-order valence-corrected chi connectivity index (χ0v) is 39.7. The molecule has 0 saturated carbocycles. The minimum absolute atomic E-state index is 0.0221. The summed E-state index contributed by atoms with van der Waals surface area (Å²) in [6.07, 6.45) is 12.8. The highest BCUT2D eigenvalue weighted by atomic mass is 32.2. The van der Waals surface area contributed by atoms with Crippen molar-refractivity contribution < 1.29 is 19.4 Å². The van der Waals surface area contributed by atoms with Crippen molar-refractivity contribution >= 4 is 59.0 Å². The Hall–Kier alpha value is -7.79. The molecule has 2 saturated heterocycles. The van der Waals surface area contributed by atoms with Crippen LogP contribution in [0, 0.1) is 20.2 Å². The lowest BCUT2D eigenvalue weighted by Crippen LogP contribution is -2.48. The number of carbonyl (C=O) groups is 2. The van der Waals surface area contributed by atoms with Crippen LogP contribution in [0.1, 0.15) is 61.8 Å². The van der Waals surface area contributed by atoms with E-state index in [1.807, 2.05) is 86.0 Å². The summed E-state index contributed by atoms with van der Waals surface area (Å²) in [6, 6.07) is 25.1. The van der Waals surface area contributed by atoms with Gasteiger partial charge >= 0.3 is 0 Å². The maximum absolute atomic E-state index is 13.7. The van der Waals surface area contributed by atoms with E-state index >= 15 is 0 Å². The Morgan fingerprint density at radius 3 is 1.25 bits per heavy atom. The molecule has 16 nitrogen and oxygen atoms in total. The van der Waals surface area contributed by atoms with E-state index in [0.29, 0.717) is 97.6 Å². The van der Waals surface area contributed by atoms with E-state index < -0.39 is 9.85 Å². The lowest BCUT2D eigenvalue weighted by Gasteiger charge is -2.34. The average Bonchev–Trinajstić information content (AvgIpc) is 3.37. The molecule has 8 rings (SSSR count). The van der Waals surface area contributed by atoms with Crippen molar-refractivity contribution in [2.24, 2.45) is 0 Å². The van der Waals surface area contributed by atoms with Gasteiger partial charge in [0.25, 0.3) is 11.4 Å². The average molecular weight is 945 g/mol. The number of nitrogens with zero attached hydrogens (tertiary/aromatic N) is 10. The van der Waals surface area contributed by atoms with Crippen LogP contribution in [0.15, 0.2) is 132 Å². The standard InChI is InChI=1S/C52H52N10O6S/c1-35(2)39-11-5-7-13-41(39)47-37(17-21-45(63)57-27-31-59(32-28-57)51-53-23-9-24-54-51)15-19-43(49(47)61(65)66)69-44-20-16-38(48(50(44)62(67)68)42-14-8-6-12-40(42)36(3)4)18-22-46(64)58-29-33-60(34-30-58)52-55-25-10-26-56-52/h5-26,35-36H,27-34H2,1-4H3/b21-17+,22-18+. The normalized spacial score (nSPS) is 14.3. The minimum atomic E-state index is -0.449. The Kier molecular flexibility index (Phi) is 14.8. The molecule has 2 amide bonds. The molecular weight excluding hydrogens is 893 g/mol. The molecule has 0 atom stereocenters. The van der Waals surface area contributed by atoms with E-state index in [4.69, 9.17) is 0 Å². The number of carbonyl (C=O) groups excluding carboxylic acids is 2. The number of hydrogen-bond donors (Lipinski definition) is 0. The number of aromatic nitrogens is 4. The van der Waals surface area contributed by atoms with E-state index in [9.17, 15) is 29.8 Å². The van der Waals surface area contributed by atoms with E-state index in [1.54, 1.807) is 83.1 Å². The number of piperazine rings is 2. The monoisotopic (exact) mass is 944 g/mol. The Bertz CT molecular complexity index is 2720. The zero-order valence-electron chi connectivity index (χ0n) is 38.8. The van der Waals surface area contributed by atoms with Gasteiger partial charge in [0.05, 0.1) is 30.8 Å². The van der Waals surface area contributed by atoms with Gasteiger partial charge in [-0.05, 0) is 81.6 Å². The second kappa shape index (κ2) is 21.4. The molecule has 4 heterocycles. The lowest BCUT2D eigenvalue weighted by atomic mass is 9.89. The van der Waals surface area contributed by atoms with Crippen molar-refractivity contribution in [2.75, 3.05) is 62.2 Å². The van der Waals surface area contributed by atoms with Gasteiger partial charge < -0.3 is 19.6 Å². The number of nitro benzene ring substituents is 2. The van der Waals surface area contributed by atoms with Crippen molar-refractivity contribution in [1.82, 2.24) is 29.7 Å². The molecule has 0 aliphatic carbocycles. The van der Waals surface area contributed by atoms with Gasteiger partial charge in [-0.25, -0.2) is 19.9 Å². The maximum Gasteiger partial charge on any atom is 0.291 e. The molecule has 0 unspecified atom stereocenters. The fraction of sp³-hybridized carbons (Fsp3) is 0.269. The molecule has 0 spiro atoms. The first kappa shape index (κ1) is 47.7. The van der Waals surface area contributed by atoms with Gasteiger partial charge in [-0.15, -0.1) is 0 Å². The number of hydrogen-bond acceptors (Lipinski definition) is 13. The first-order chi connectivity index (χ1) is 33.4. The van der Waals surface area contributed by atoms with Crippen LogP contribution in [0.2, 0.25) is 0 Å². The highest BCUT2D eigenvalue weighted by Gasteiger charge is 2.32. The predicted molar refractivity (Wildman–Crippen MR) is 269 cm³/mol. The van der Waals surface area contributed by atoms with Crippen LogP contribution >= 0.6 is 11.8 Å². The van der Waals surface area contributed by atoms with Gasteiger partial charge in [0, 0.05) is 89.3 Å². The summed E-state index contributed by atoms with van der Waals surface area (Å²) in [5.74, 6) is 0.670.